The van der Waals surface area contributed by atoms with Gasteiger partial charge in [-0.05, 0) is 32.9 Å². The highest BCUT2D eigenvalue weighted by Crippen LogP contribution is 2.27. The molecule has 2 rings (SSSR count). The molecule has 0 saturated carbocycles. The minimum absolute atomic E-state index is 0.0305. The smallest absolute Gasteiger partial charge is 0.360 e. The van der Waals surface area contributed by atoms with Crippen LogP contribution in [0.2, 0.25) is 0 Å². The van der Waals surface area contributed by atoms with Crippen LogP contribution in [0.4, 0.5) is 19.0 Å². The number of alkyl halides is 3. The van der Waals surface area contributed by atoms with E-state index in [9.17, 15) is 18.0 Å². The molecule has 0 unspecified atom stereocenters. The van der Waals surface area contributed by atoms with Crippen LogP contribution in [0.5, 0.6) is 0 Å². The number of carbonyl (C=O) groups is 1. The molecule has 0 saturated heterocycles. The fourth-order valence-corrected chi connectivity index (χ4v) is 1.69. The van der Waals surface area contributed by atoms with Crippen molar-refractivity contribution >= 4 is 17.4 Å². The first-order valence-electron chi connectivity index (χ1n) is 6.41. The zero-order valence-corrected chi connectivity index (χ0v) is 12.2. The van der Waals surface area contributed by atoms with Crippen molar-refractivity contribution in [2.24, 2.45) is 0 Å². The minimum Gasteiger partial charge on any atom is -0.360 e. The summed E-state index contributed by atoms with van der Waals surface area (Å²) in [6, 6.07) is 2.76. The van der Waals surface area contributed by atoms with E-state index < -0.39 is 17.5 Å². The van der Waals surface area contributed by atoms with E-state index in [1.807, 2.05) is 20.8 Å². The average Bonchev–Trinajstić information content (AvgIpc) is 2.76. The lowest BCUT2D eigenvalue weighted by molar-refractivity contribution is -0.146. The summed E-state index contributed by atoms with van der Waals surface area (Å²) in [5, 5.41) is 15.6. The van der Waals surface area contributed by atoms with Gasteiger partial charge in [-0.25, -0.2) is 0 Å². The van der Waals surface area contributed by atoms with Crippen LogP contribution in [0.3, 0.4) is 0 Å². The van der Waals surface area contributed by atoms with Crippen LogP contribution in [0.15, 0.2) is 12.1 Å². The highest BCUT2D eigenvalue weighted by atomic mass is 19.4. The molecular formula is C12H15F3N6O. The third-order valence-electron chi connectivity index (χ3n) is 2.46. The Balaban J connectivity index is 2.14. The van der Waals surface area contributed by atoms with Crippen LogP contribution in [0, 0.1) is 0 Å². The van der Waals surface area contributed by atoms with Crippen LogP contribution in [0.25, 0.3) is 5.65 Å². The van der Waals surface area contributed by atoms with Gasteiger partial charge in [0.05, 0.1) is 6.54 Å². The molecule has 0 aliphatic rings. The molecule has 0 aromatic carbocycles. The molecule has 22 heavy (non-hydrogen) atoms. The summed E-state index contributed by atoms with van der Waals surface area (Å²) in [5.41, 5.74) is -0.426. The first-order valence-corrected chi connectivity index (χ1v) is 6.41. The van der Waals surface area contributed by atoms with Gasteiger partial charge < -0.3 is 10.6 Å². The number of nitrogens with one attached hydrogen (secondary N) is 2. The Bertz CT molecular complexity index is 688. The van der Waals surface area contributed by atoms with Crippen LogP contribution in [-0.2, 0) is 11.0 Å². The topological polar surface area (TPSA) is 84.2 Å². The number of rotatable bonds is 3. The number of fused-ring (bicyclic) bond motifs is 1. The molecule has 2 aromatic rings. The minimum atomic E-state index is -4.66. The second kappa shape index (κ2) is 5.43. The van der Waals surface area contributed by atoms with Gasteiger partial charge in [0.1, 0.15) is 5.82 Å². The Labute approximate surface area is 123 Å². The van der Waals surface area contributed by atoms with E-state index in [2.05, 4.69) is 25.9 Å². The SMILES string of the molecule is CC(C)(C)NC(=O)CNc1ccc2nnc(C(F)(F)F)n2n1. The van der Waals surface area contributed by atoms with Gasteiger partial charge in [-0.1, -0.05) is 0 Å². The number of hydrogen-bond acceptors (Lipinski definition) is 5. The summed E-state index contributed by atoms with van der Waals surface area (Å²) in [6.07, 6.45) is -4.66. The number of halogens is 3. The van der Waals surface area contributed by atoms with Crippen molar-refractivity contribution in [3.8, 4) is 0 Å². The monoisotopic (exact) mass is 316 g/mol. The van der Waals surface area contributed by atoms with Crippen molar-refractivity contribution < 1.29 is 18.0 Å². The third kappa shape index (κ3) is 3.83. The number of carbonyl (C=O) groups excluding carboxylic acids is 1. The van der Waals surface area contributed by atoms with Gasteiger partial charge in [0.15, 0.2) is 5.65 Å². The Hall–Kier alpha value is -2.39. The van der Waals surface area contributed by atoms with Crippen molar-refractivity contribution in [2.45, 2.75) is 32.5 Å². The van der Waals surface area contributed by atoms with E-state index in [-0.39, 0.29) is 23.9 Å². The molecule has 2 aromatic heterocycles. The summed E-state index contributed by atoms with van der Waals surface area (Å²) >= 11 is 0. The van der Waals surface area contributed by atoms with Crippen LogP contribution in [0.1, 0.15) is 26.6 Å². The van der Waals surface area contributed by atoms with Crippen LogP contribution < -0.4 is 10.6 Å². The molecule has 7 nitrogen and oxygen atoms in total. The van der Waals surface area contributed by atoms with Crippen LogP contribution in [-0.4, -0.2) is 37.8 Å². The number of nitrogens with zero attached hydrogens (tertiary/aromatic N) is 4. The molecule has 0 spiro atoms. The fourth-order valence-electron chi connectivity index (χ4n) is 1.69. The third-order valence-corrected chi connectivity index (χ3v) is 2.46. The van der Waals surface area contributed by atoms with E-state index >= 15 is 0 Å². The Morgan fingerprint density at radius 2 is 1.91 bits per heavy atom. The van der Waals surface area contributed by atoms with Crippen LogP contribution >= 0.6 is 0 Å². The number of amides is 1. The largest absolute Gasteiger partial charge is 0.453 e. The molecule has 0 aliphatic heterocycles. The van der Waals surface area contributed by atoms with Gasteiger partial charge in [0.2, 0.25) is 5.91 Å². The molecular weight excluding hydrogens is 301 g/mol. The summed E-state index contributed by atoms with van der Waals surface area (Å²) in [5.74, 6) is -1.40. The molecule has 120 valence electrons. The number of hydrogen-bond donors (Lipinski definition) is 2. The summed E-state index contributed by atoms with van der Waals surface area (Å²) in [7, 11) is 0. The fraction of sp³-hybridized carbons (Fsp3) is 0.500. The lowest BCUT2D eigenvalue weighted by Crippen LogP contribution is -2.43. The summed E-state index contributed by atoms with van der Waals surface area (Å²) < 4.78 is 38.8. The standard InChI is InChI=1S/C12H15F3N6O/c1-11(2,3)17-9(22)6-16-7-4-5-8-18-19-10(12(13,14)15)21(8)20-7/h4-5H,6H2,1-3H3,(H,16,20)(H,17,22). The zero-order valence-electron chi connectivity index (χ0n) is 12.2. The van der Waals surface area contributed by atoms with Crippen molar-refractivity contribution in [2.75, 3.05) is 11.9 Å². The normalized spacial score (nSPS) is 12.5. The van der Waals surface area contributed by atoms with Gasteiger partial charge >= 0.3 is 6.18 Å². The predicted octanol–water partition coefficient (Wildman–Crippen LogP) is 1.47. The summed E-state index contributed by atoms with van der Waals surface area (Å²) in [4.78, 5) is 11.7. The first-order chi connectivity index (χ1) is 10.1. The maximum Gasteiger partial charge on any atom is 0.453 e. The van der Waals surface area contributed by atoms with Gasteiger partial charge in [0.25, 0.3) is 5.82 Å². The molecule has 2 N–H and O–H groups in total. The molecule has 10 heteroatoms. The van der Waals surface area contributed by atoms with E-state index in [0.29, 0.717) is 4.52 Å². The lowest BCUT2D eigenvalue weighted by atomic mass is 10.1. The predicted molar refractivity (Wildman–Crippen MR) is 72.2 cm³/mol. The molecule has 0 aliphatic carbocycles. The van der Waals surface area contributed by atoms with Gasteiger partial charge in [-0.3, -0.25) is 4.79 Å². The molecule has 0 fully saturated rings. The molecule has 1 amide bonds. The lowest BCUT2D eigenvalue weighted by Gasteiger charge is -2.20. The van der Waals surface area contributed by atoms with Gasteiger partial charge in [0, 0.05) is 5.54 Å². The van der Waals surface area contributed by atoms with Crippen molar-refractivity contribution in [1.29, 1.82) is 0 Å². The highest BCUT2D eigenvalue weighted by molar-refractivity contribution is 5.81. The quantitative estimate of drug-likeness (QED) is 0.896. The Morgan fingerprint density at radius 3 is 2.50 bits per heavy atom. The second-order valence-corrected chi connectivity index (χ2v) is 5.66. The molecule has 0 radical (unpaired) electrons. The maximum absolute atomic E-state index is 12.7. The maximum atomic E-state index is 12.7. The Kier molecular flexibility index (Phi) is 3.94. The number of aromatic nitrogens is 4. The molecule has 2 heterocycles. The summed E-state index contributed by atoms with van der Waals surface area (Å²) in [6.45, 7) is 5.35. The van der Waals surface area contributed by atoms with E-state index in [1.165, 1.54) is 12.1 Å². The van der Waals surface area contributed by atoms with Gasteiger partial charge in [-0.2, -0.15) is 17.7 Å². The average molecular weight is 316 g/mol. The second-order valence-electron chi connectivity index (χ2n) is 5.66. The van der Waals surface area contributed by atoms with Gasteiger partial charge in [-0.15, -0.1) is 15.3 Å². The zero-order chi connectivity index (χ0) is 16.5. The highest BCUT2D eigenvalue weighted by Gasteiger charge is 2.37. The van der Waals surface area contributed by atoms with E-state index in [1.54, 1.807) is 0 Å². The van der Waals surface area contributed by atoms with Crippen molar-refractivity contribution in [3.63, 3.8) is 0 Å². The molecule has 0 atom stereocenters. The first kappa shape index (κ1) is 16.0. The number of anilines is 1. The van der Waals surface area contributed by atoms with E-state index in [0.717, 1.165) is 0 Å². The van der Waals surface area contributed by atoms with Crippen molar-refractivity contribution in [3.05, 3.63) is 18.0 Å². The van der Waals surface area contributed by atoms with E-state index in [4.69, 9.17) is 0 Å². The molecule has 0 bridgehead atoms. The Morgan fingerprint density at radius 1 is 1.23 bits per heavy atom. The van der Waals surface area contributed by atoms with Crippen molar-refractivity contribution in [1.82, 2.24) is 25.1 Å².